The van der Waals surface area contributed by atoms with Crippen LogP contribution in [0.5, 0.6) is 0 Å². The van der Waals surface area contributed by atoms with Gasteiger partial charge in [-0.25, -0.2) is 0 Å². The second kappa shape index (κ2) is 18.1. The number of hydrogen-bond donors (Lipinski definition) is 2. The van der Waals surface area contributed by atoms with E-state index in [2.05, 4.69) is 17.9 Å². The van der Waals surface area contributed by atoms with Gasteiger partial charge in [0.25, 0.3) is 0 Å². The van der Waals surface area contributed by atoms with Crippen LogP contribution in [0.25, 0.3) is 0 Å². The predicted octanol–water partition coefficient (Wildman–Crippen LogP) is 2.60. The highest BCUT2D eigenvalue weighted by atomic mass is 32.1. The third-order valence-corrected chi connectivity index (χ3v) is 10.6. The van der Waals surface area contributed by atoms with E-state index in [9.17, 15) is 0 Å². The fourth-order valence-corrected chi connectivity index (χ4v) is 7.46. The largest absolute Gasteiger partial charge is 0.500 e. The van der Waals surface area contributed by atoms with Crippen LogP contribution in [0.1, 0.15) is 33.6 Å². The summed E-state index contributed by atoms with van der Waals surface area (Å²) in [4.78, 5) is 0. The second-order valence-corrected chi connectivity index (χ2v) is 13.0. The zero-order valence-electron chi connectivity index (χ0n) is 19.2. The van der Waals surface area contributed by atoms with E-state index in [0.29, 0.717) is 33.0 Å². The van der Waals surface area contributed by atoms with Gasteiger partial charge in [0, 0.05) is 71.6 Å². The Balaban J connectivity index is 3.94. The summed E-state index contributed by atoms with van der Waals surface area (Å²) in [6, 6.07) is 1.55. The highest BCUT2D eigenvalue weighted by molar-refractivity contribution is 7.81. The molecule has 1 unspecified atom stereocenters. The number of rotatable bonds is 21. The summed E-state index contributed by atoms with van der Waals surface area (Å²) in [5.74, 6) is 0. The Morgan fingerprint density at radius 3 is 1.79 bits per heavy atom. The van der Waals surface area contributed by atoms with Crippen molar-refractivity contribution in [3.63, 3.8) is 0 Å². The SMILES string of the molecule is CCO[Si](CCCNCC(S)COCCC[Si](OC)(OC)OC)(OCC)OCC. The molecule has 0 heterocycles. The van der Waals surface area contributed by atoms with E-state index in [1.54, 1.807) is 21.3 Å². The van der Waals surface area contributed by atoms with Gasteiger partial charge in [0.2, 0.25) is 0 Å². The van der Waals surface area contributed by atoms with Crippen LogP contribution in [-0.4, -0.2) is 90.3 Å². The Hall–Kier alpha value is 0.464. The highest BCUT2D eigenvalue weighted by Crippen LogP contribution is 2.18. The molecule has 29 heavy (non-hydrogen) atoms. The van der Waals surface area contributed by atoms with Gasteiger partial charge >= 0.3 is 17.6 Å². The van der Waals surface area contributed by atoms with Crippen LogP contribution in [0.2, 0.25) is 12.1 Å². The minimum atomic E-state index is -2.54. The molecule has 0 rings (SSSR count). The summed E-state index contributed by atoms with van der Waals surface area (Å²) in [6.45, 7) is 10.6. The third-order valence-electron chi connectivity index (χ3n) is 4.32. The molecule has 0 aliphatic carbocycles. The smallest absolute Gasteiger partial charge is 0.380 e. The molecule has 1 N–H and O–H groups in total. The van der Waals surface area contributed by atoms with Crippen LogP contribution in [-0.2, 0) is 31.3 Å². The van der Waals surface area contributed by atoms with Crippen LogP contribution in [0.3, 0.4) is 0 Å². The van der Waals surface area contributed by atoms with E-state index in [-0.39, 0.29) is 5.25 Å². The summed E-state index contributed by atoms with van der Waals surface area (Å²) in [6.07, 6.45) is 1.76. The molecule has 0 aliphatic heterocycles. The topological polar surface area (TPSA) is 76.6 Å². The van der Waals surface area contributed by atoms with E-state index in [4.69, 9.17) is 31.3 Å². The predicted molar refractivity (Wildman–Crippen MR) is 123 cm³/mol. The summed E-state index contributed by atoms with van der Waals surface area (Å²) < 4.78 is 39.5. The lowest BCUT2D eigenvalue weighted by molar-refractivity contribution is 0.0708. The summed E-state index contributed by atoms with van der Waals surface area (Å²) in [5, 5.41) is 3.56. The van der Waals surface area contributed by atoms with Crippen LogP contribution in [0.15, 0.2) is 0 Å². The van der Waals surface area contributed by atoms with Gasteiger partial charge in [0.1, 0.15) is 0 Å². The summed E-state index contributed by atoms with van der Waals surface area (Å²) in [5.41, 5.74) is 0. The first-order valence-electron chi connectivity index (χ1n) is 10.5. The quantitative estimate of drug-likeness (QED) is 0.150. The molecule has 0 aliphatic rings. The lowest BCUT2D eigenvalue weighted by atomic mass is 10.4. The molecule has 0 spiro atoms. The fourth-order valence-electron chi connectivity index (χ4n) is 2.93. The van der Waals surface area contributed by atoms with Gasteiger partial charge in [-0.2, -0.15) is 12.6 Å². The van der Waals surface area contributed by atoms with Gasteiger partial charge in [0.15, 0.2) is 0 Å². The molecule has 1 atom stereocenters. The van der Waals surface area contributed by atoms with Crippen LogP contribution in [0, 0.1) is 0 Å². The molecule has 0 saturated carbocycles. The van der Waals surface area contributed by atoms with E-state index in [1.807, 2.05) is 20.8 Å². The Morgan fingerprint density at radius 2 is 1.31 bits per heavy atom. The Morgan fingerprint density at radius 1 is 0.793 bits per heavy atom. The van der Waals surface area contributed by atoms with E-state index < -0.39 is 17.6 Å². The molecule has 0 aromatic heterocycles. The maximum atomic E-state index is 5.87. The van der Waals surface area contributed by atoms with Crippen molar-refractivity contribution >= 4 is 30.2 Å². The highest BCUT2D eigenvalue weighted by Gasteiger charge is 2.39. The van der Waals surface area contributed by atoms with Crippen molar-refractivity contribution in [1.29, 1.82) is 0 Å². The number of thiol groups is 1. The Labute approximate surface area is 185 Å². The minimum absolute atomic E-state index is 0.136. The lowest BCUT2D eigenvalue weighted by Gasteiger charge is -2.28. The molecular formula is C18H43NO7SSi2. The Kier molecular flexibility index (Phi) is 18.4. The van der Waals surface area contributed by atoms with E-state index in [0.717, 1.165) is 38.0 Å². The van der Waals surface area contributed by atoms with Crippen molar-refractivity contribution in [3.05, 3.63) is 0 Å². The first-order valence-corrected chi connectivity index (χ1v) is 14.9. The van der Waals surface area contributed by atoms with Crippen LogP contribution >= 0.6 is 12.6 Å². The van der Waals surface area contributed by atoms with Gasteiger partial charge in [-0.15, -0.1) is 0 Å². The van der Waals surface area contributed by atoms with Crippen LogP contribution in [0.4, 0.5) is 0 Å². The molecule has 11 heteroatoms. The van der Waals surface area contributed by atoms with E-state index in [1.165, 1.54) is 0 Å². The molecule has 0 aromatic carbocycles. The van der Waals surface area contributed by atoms with Gasteiger partial charge in [0.05, 0.1) is 6.61 Å². The normalized spacial score (nSPS) is 13.8. The van der Waals surface area contributed by atoms with Crippen molar-refractivity contribution in [2.24, 2.45) is 0 Å². The van der Waals surface area contributed by atoms with Gasteiger partial charge < -0.3 is 36.6 Å². The molecule has 0 fully saturated rings. The standard InChI is InChI=1S/C18H43NO7SSi2/c1-7-24-29(25-8-2,26-9-3)14-10-12-19-16-18(27)17-23-13-11-15-28(20-4,21-5)22-6/h18-19,27H,7-17H2,1-6H3. The van der Waals surface area contributed by atoms with Crippen molar-refractivity contribution in [1.82, 2.24) is 5.32 Å². The number of ether oxygens (including phenoxy) is 1. The third kappa shape index (κ3) is 12.8. The summed E-state index contributed by atoms with van der Waals surface area (Å²) in [7, 11) is -0.164. The van der Waals surface area contributed by atoms with Crippen LogP contribution < -0.4 is 5.32 Å². The zero-order valence-corrected chi connectivity index (χ0v) is 22.1. The molecule has 0 aromatic rings. The molecule has 0 radical (unpaired) electrons. The Bertz CT molecular complexity index is 357. The van der Waals surface area contributed by atoms with Gasteiger partial charge in [-0.3, -0.25) is 0 Å². The molecule has 176 valence electrons. The zero-order chi connectivity index (χ0) is 22.0. The molecule has 0 saturated heterocycles. The van der Waals surface area contributed by atoms with Gasteiger partial charge in [-0.1, -0.05) is 0 Å². The average molecular weight is 474 g/mol. The lowest BCUT2D eigenvalue weighted by Crippen LogP contribution is -2.46. The van der Waals surface area contributed by atoms with E-state index >= 15 is 0 Å². The van der Waals surface area contributed by atoms with Crippen molar-refractivity contribution < 1.29 is 31.3 Å². The molecule has 8 nitrogen and oxygen atoms in total. The fraction of sp³-hybridized carbons (Fsp3) is 1.00. The molecular weight excluding hydrogens is 430 g/mol. The number of nitrogens with one attached hydrogen (secondary N) is 1. The summed E-state index contributed by atoms with van der Waals surface area (Å²) >= 11 is 4.59. The monoisotopic (exact) mass is 473 g/mol. The molecule has 0 amide bonds. The first-order chi connectivity index (χ1) is 14.0. The molecule has 0 bridgehead atoms. The minimum Gasteiger partial charge on any atom is -0.380 e. The second-order valence-electron chi connectivity index (χ2n) is 6.42. The van der Waals surface area contributed by atoms with Crippen molar-refractivity contribution in [3.8, 4) is 0 Å². The van der Waals surface area contributed by atoms with Gasteiger partial charge in [-0.05, 0) is 40.2 Å². The first kappa shape index (κ1) is 29.5. The maximum Gasteiger partial charge on any atom is 0.500 e. The van der Waals surface area contributed by atoms with Crippen molar-refractivity contribution in [2.45, 2.75) is 51.0 Å². The number of hydrogen-bond acceptors (Lipinski definition) is 9. The average Bonchev–Trinajstić information content (AvgIpc) is 2.71. The van der Waals surface area contributed by atoms with Crippen molar-refractivity contribution in [2.75, 3.05) is 67.5 Å². The maximum absolute atomic E-state index is 5.87.